The Labute approximate surface area is 132 Å². The standard InChI is InChI=1S/C15H14Cl2N2O2/c16-10-2-3-11(12(17)8-10)15(19-18)9-1-4-13-14(7-9)21-6-5-20-13/h1-4,7-8,15,19H,5-6,18H2. The zero-order valence-corrected chi connectivity index (χ0v) is 12.6. The Kier molecular flexibility index (Phi) is 4.22. The van der Waals surface area contributed by atoms with Gasteiger partial charge < -0.3 is 9.47 Å². The molecule has 0 saturated heterocycles. The first-order valence-corrected chi connectivity index (χ1v) is 7.25. The van der Waals surface area contributed by atoms with E-state index in [4.69, 9.17) is 38.5 Å². The highest BCUT2D eigenvalue weighted by Crippen LogP contribution is 2.36. The average molecular weight is 325 g/mol. The highest BCUT2D eigenvalue weighted by molar-refractivity contribution is 6.35. The summed E-state index contributed by atoms with van der Waals surface area (Å²) in [5.41, 5.74) is 4.56. The van der Waals surface area contributed by atoms with Crippen molar-refractivity contribution in [1.82, 2.24) is 5.43 Å². The van der Waals surface area contributed by atoms with Crippen molar-refractivity contribution >= 4 is 23.2 Å². The van der Waals surface area contributed by atoms with Crippen LogP contribution in [0.1, 0.15) is 17.2 Å². The van der Waals surface area contributed by atoms with Gasteiger partial charge in [-0.2, -0.15) is 0 Å². The lowest BCUT2D eigenvalue weighted by Crippen LogP contribution is -2.29. The first-order chi connectivity index (χ1) is 10.2. The monoisotopic (exact) mass is 324 g/mol. The van der Waals surface area contributed by atoms with Crippen LogP contribution >= 0.6 is 23.2 Å². The zero-order valence-electron chi connectivity index (χ0n) is 11.1. The number of hydrazine groups is 1. The number of hydrogen-bond acceptors (Lipinski definition) is 4. The van der Waals surface area contributed by atoms with Crippen molar-refractivity contribution in [1.29, 1.82) is 0 Å². The third-order valence-corrected chi connectivity index (χ3v) is 3.90. The van der Waals surface area contributed by atoms with Crippen LogP contribution in [0.15, 0.2) is 36.4 Å². The minimum absolute atomic E-state index is 0.259. The fraction of sp³-hybridized carbons (Fsp3) is 0.200. The third kappa shape index (κ3) is 2.94. The molecule has 21 heavy (non-hydrogen) atoms. The summed E-state index contributed by atoms with van der Waals surface area (Å²) in [5.74, 6) is 7.16. The van der Waals surface area contributed by atoms with Crippen LogP contribution in [-0.2, 0) is 0 Å². The van der Waals surface area contributed by atoms with Gasteiger partial charge in [0.05, 0.1) is 6.04 Å². The summed E-state index contributed by atoms with van der Waals surface area (Å²) in [6.07, 6.45) is 0. The minimum Gasteiger partial charge on any atom is -0.486 e. The second-order valence-corrected chi connectivity index (χ2v) is 5.51. The largest absolute Gasteiger partial charge is 0.486 e. The molecule has 1 heterocycles. The van der Waals surface area contributed by atoms with Crippen LogP contribution < -0.4 is 20.7 Å². The van der Waals surface area contributed by atoms with Crippen molar-refractivity contribution in [2.75, 3.05) is 13.2 Å². The fourth-order valence-corrected chi connectivity index (χ4v) is 2.86. The average Bonchev–Trinajstić information content (AvgIpc) is 2.50. The van der Waals surface area contributed by atoms with Gasteiger partial charge >= 0.3 is 0 Å². The number of halogens is 2. The Hall–Kier alpha value is -1.46. The molecule has 3 rings (SSSR count). The van der Waals surface area contributed by atoms with E-state index < -0.39 is 0 Å². The summed E-state index contributed by atoms with van der Waals surface area (Å²) in [6.45, 7) is 1.10. The second-order valence-electron chi connectivity index (χ2n) is 4.67. The van der Waals surface area contributed by atoms with Gasteiger partial charge in [0.25, 0.3) is 0 Å². The third-order valence-electron chi connectivity index (χ3n) is 3.34. The van der Waals surface area contributed by atoms with Crippen molar-refractivity contribution in [2.24, 2.45) is 5.84 Å². The van der Waals surface area contributed by atoms with Gasteiger partial charge in [0.15, 0.2) is 11.5 Å². The lowest BCUT2D eigenvalue weighted by Gasteiger charge is -2.22. The highest BCUT2D eigenvalue weighted by Gasteiger charge is 2.19. The topological polar surface area (TPSA) is 56.5 Å². The van der Waals surface area contributed by atoms with Crippen molar-refractivity contribution in [2.45, 2.75) is 6.04 Å². The quantitative estimate of drug-likeness (QED) is 0.671. The van der Waals surface area contributed by atoms with Gasteiger partial charge in [0, 0.05) is 10.0 Å². The van der Waals surface area contributed by atoms with Crippen LogP contribution in [0.2, 0.25) is 10.0 Å². The first-order valence-electron chi connectivity index (χ1n) is 6.49. The molecule has 1 aliphatic rings. The molecule has 6 heteroatoms. The molecule has 0 bridgehead atoms. The van der Waals surface area contributed by atoms with Gasteiger partial charge in [-0.3, -0.25) is 5.84 Å². The van der Waals surface area contributed by atoms with Gasteiger partial charge in [-0.15, -0.1) is 0 Å². The number of ether oxygens (including phenoxy) is 2. The second kappa shape index (κ2) is 6.12. The van der Waals surface area contributed by atoms with Crippen LogP contribution in [0.3, 0.4) is 0 Å². The molecule has 0 fully saturated rings. The molecule has 3 N–H and O–H groups in total. The first kappa shape index (κ1) is 14.5. The molecule has 2 aromatic carbocycles. The zero-order chi connectivity index (χ0) is 14.8. The maximum Gasteiger partial charge on any atom is 0.161 e. The van der Waals surface area contributed by atoms with E-state index in [9.17, 15) is 0 Å². The van der Waals surface area contributed by atoms with Crippen LogP contribution in [0.4, 0.5) is 0 Å². The molecule has 110 valence electrons. The van der Waals surface area contributed by atoms with E-state index in [0.29, 0.717) is 29.0 Å². The van der Waals surface area contributed by atoms with E-state index in [1.807, 2.05) is 24.3 Å². The van der Waals surface area contributed by atoms with Crippen LogP contribution in [-0.4, -0.2) is 13.2 Å². The molecule has 0 radical (unpaired) electrons. The van der Waals surface area contributed by atoms with E-state index in [-0.39, 0.29) is 6.04 Å². The van der Waals surface area contributed by atoms with E-state index in [0.717, 1.165) is 16.9 Å². The van der Waals surface area contributed by atoms with Crippen LogP contribution in [0.5, 0.6) is 11.5 Å². The van der Waals surface area contributed by atoms with E-state index in [1.165, 1.54) is 0 Å². The Morgan fingerprint density at radius 2 is 1.76 bits per heavy atom. The number of nitrogens with one attached hydrogen (secondary N) is 1. The van der Waals surface area contributed by atoms with E-state index in [1.54, 1.807) is 12.1 Å². The maximum atomic E-state index is 6.26. The minimum atomic E-state index is -0.259. The van der Waals surface area contributed by atoms with E-state index >= 15 is 0 Å². The normalized spacial score (nSPS) is 14.8. The van der Waals surface area contributed by atoms with Gasteiger partial charge in [0.2, 0.25) is 0 Å². The van der Waals surface area contributed by atoms with Crippen molar-refractivity contribution < 1.29 is 9.47 Å². The summed E-state index contributed by atoms with van der Waals surface area (Å²) >= 11 is 12.2. The SMILES string of the molecule is NNC(c1ccc2c(c1)OCCO2)c1ccc(Cl)cc1Cl. The Morgan fingerprint density at radius 3 is 2.48 bits per heavy atom. The molecular weight excluding hydrogens is 311 g/mol. The molecule has 0 aliphatic carbocycles. The van der Waals surface area contributed by atoms with Gasteiger partial charge in [-0.25, -0.2) is 5.43 Å². The van der Waals surface area contributed by atoms with Gasteiger partial charge in [0.1, 0.15) is 13.2 Å². The van der Waals surface area contributed by atoms with Crippen LogP contribution in [0, 0.1) is 0 Å². The summed E-state index contributed by atoms with van der Waals surface area (Å²) < 4.78 is 11.1. The molecule has 4 nitrogen and oxygen atoms in total. The number of nitrogens with two attached hydrogens (primary N) is 1. The molecular formula is C15H14Cl2N2O2. The van der Waals surface area contributed by atoms with Gasteiger partial charge in [-0.1, -0.05) is 35.3 Å². The molecule has 1 aliphatic heterocycles. The molecule has 0 spiro atoms. The Bertz CT molecular complexity index is 664. The molecule has 1 unspecified atom stereocenters. The molecule has 0 saturated carbocycles. The summed E-state index contributed by atoms with van der Waals surface area (Å²) in [5, 5.41) is 1.14. The maximum absolute atomic E-state index is 6.26. The highest BCUT2D eigenvalue weighted by atomic mass is 35.5. The predicted octanol–water partition coefficient (Wildman–Crippen LogP) is 3.32. The van der Waals surface area contributed by atoms with Crippen molar-refractivity contribution in [3.05, 3.63) is 57.6 Å². The lowest BCUT2D eigenvalue weighted by molar-refractivity contribution is 0.171. The number of rotatable bonds is 3. The van der Waals surface area contributed by atoms with E-state index in [2.05, 4.69) is 5.43 Å². The van der Waals surface area contributed by atoms with Crippen molar-refractivity contribution in [3.8, 4) is 11.5 Å². The number of hydrogen-bond donors (Lipinski definition) is 2. The predicted molar refractivity (Wildman–Crippen MR) is 83.1 cm³/mol. The summed E-state index contributed by atoms with van der Waals surface area (Å²) in [4.78, 5) is 0. The molecule has 0 aromatic heterocycles. The smallest absolute Gasteiger partial charge is 0.161 e. The molecule has 1 atom stereocenters. The van der Waals surface area contributed by atoms with Gasteiger partial charge in [-0.05, 0) is 35.4 Å². The van der Waals surface area contributed by atoms with Crippen molar-refractivity contribution in [3.63, 3.8) is 0 Å². The number of fused-ring (bicyclic) bond motifs is 1. The summed E-state index contributed by atoms with van der Waals surface area (Å²) in [7, 11) is 0. The summed E-state index contributed by atoms with van der Waals surface area (Å²) in [6, 6.07) is 10.8. The number of benzene rings is 2. The lowest BCUT2D eigenvalue weighted by atomic mass is 9.98. The molecule has 2 aromatic rings. The molecule has 0 amide bonds. The fourth-order valence-electron chi connectivity index (χ4n) is 2.34. The van der Waals surface area contributed by atoms with Crippen LogP contribution in [0.25, 0.3) is 0 Å². The Morgan fingerprint density at radius 1 is 1.00 bits per heavy atom. The Balaban J connectivity index is 1.99.